The molecule has 2 nitrogen and oxygen atoms in total. The minimum Gasteiger partial charge on any atom is -0.492 e. The van der Waals surface area contributed by atoms with Crippen LogP contribution in [0, 0.1) is 5.82 Å². The second kappa shape index (κ2) is 7.78. The first-order valence-electron chi connectivity index (χ1n) is 6.58. The van der Waals surface area contributed by atoms with E-state index < -0.39 is 0 Å². The van der Waals surface area contributed by atoms with Gasteiger partial charge in [0.25, 0.3) is 0 Å². The first kappa shape index (κ1) is 16.3. The van der Waals surface area contributed by atoms with Gasteiger partial charge in [0.2, 0.25) is 0 Å². The van der Waals surface area contributed by atoms with E-state index in [1.807, 2.05) is 19.2 Å². The highest BCUT2D eigenvalue weighted by Crippen LogP contribution is 2.20. The summed E-state index contributed by atoms with van der Waals surface area (Å²) in [6, 6.07) is 12.1. The number of benzene rings is 2. The number of halogens is 3. The molecule has 0 radical (unpaired) electrons. The molecule has 2 aromatic carbocycles. The molecule has 0 aliphatic carbocycles. The maximum atomic E-state index is 13.1. The Morgan fingerprint density at radius 1 is 1.24 bits per heavy atom. The largest absolute Gasteiger partial charge is 0.492 e. The summed E-state index contributed by atoms with van der Waals surface area (Å²) in [5.41, 5.74) is 1.04. The molecular formula is C16H16BrClFNO. The first-order valence-corrected chi connectivity index (χ1v) is 7.75. The monoisotopic (exact) mass is 371 g/mol. The van der Waals surface area contributed by atoms with Gasteiger partial charge in [-0.25, -0.2) is 4.39 Å². The van der Waals surface area contributed by atoms with Crippen LogP contribution in [0.4, 0.5) is 4.39 Å². The van der Waals surface area contributed by atoms with E-state index in [0.717, 1.165) is 22.2 Å². The zero-order chi connectivity index (χ0) is 15.2. The maximum absolute atomic E-state index is 13.1. The van der Waals surface area contributed by atoms with Gasteiger partial charge in [0, 0.05) is 15.5 Å². The van der Waals surface area contributed by atoms with Crippen molar-refractivity contribution in [3.63, 3.8) is 0 Å². The summed E-state index contributed by atoms with van der Waals surface area (Å²) in [4.78, 5) is 0. The van der Waals surface area contributed by atoms with Gasteiger partial charge < -0.3 is 10.1 Å². The standard InChI is InChI=1S/C16H16BrClFNO/c1-20-14(8-11-2-5-13(19)9-16(11)17)10-21-15-6-3-12(18)4-7-15/h2-7,9,14,20H,8,10H2,1H3. The van der Waals surface area contributed by atoms with Crippen molar-refractivity contribution in [2.75, 3.05) is 13.7 Å². The van der Waals surface area contributed by atoms with Crippen molar-refractivity contribution in [1.82, 2.24) is 5.32 Å². The molecule has 1 N–H and O–H groups in total. The Morgan fingerprint density at radius 3 is 2.57 bits per heavy atom. The molecule has 2 rings (SSSR count). The van der Waals surface area contributed by atoms with Gasteiger partial charge in [0.15, 0.2) is 0 Å². The average molecular weight is 373 g/mol. The zero-order valence-corrected chi connectivity index (χ0v) is 13.9. The topological polar surface area (TPSA) is 21.3 Å². The number of hydrogen-bond donors (Lipinski definition) is 1. The summed E-state index contributed by atoms with van der Waals surface area (Å²) < 4.78 is 19.6. The number of ether oxygens (including phenoxy) is 1. The summed E-state index contributed by atoms with van der Waals surface area (Å²) >= 11 is 9.22. The van der Waals surface area contributed by atoms with Crippen LogP contribution in [0.15, 0.2) is 46.9 Å². The molecule has 0 saturated carbocycles. The van der Waals surface area contributed by atoms with Crippen LogP contribution in [0.3, 0.4) is 0 Å². The number of rotatable bonds is 6. The van der Waals surface area contributed by atoms with Crippen LogP contribution in [0.2, 0.25) is 5.02 Å². The van der Waals surface area contributed by atoms with E-state index in [1.54, 1.807) is 18.2 Å². The number of nitrogens with one attached hydrogen (secondary N) is 1. The molecule has 1 unspecified atom stereocenters. The predicted octanol–water partition coefficient (Wildman–Crippen LogP) is 4.45. The molecule has 112 valence electrons. The summed E-state index contributed by atoms with van der Waals surface area (Å²) in [6.07, 6.45) is 0.741. The lowest BCUT2D eigenvalue weighted by Gasteiger charge is -2.18. The fraction of sp³-hybridized carbons (Fsp3) is 0.250. The molecule has 2 aromatic rings. The normalized spacial score (nSPS) is 12.2. The van der Waals surface area contributed by atoms with Gasteiger partial charge in [-0.2, -0.15) is 0 Å². The van der Waals surface area contributed by atoms with Crippen LogP contribution >= 0.6 is 27.5 Å². The van der Waals surface area contributed by atoms with Crippen molar-refractivity contribution in [3.8, 4) is 5.75 Å². The van der Waals surface area contributed by atoms with Crippen LogP contribution in [-0.4, -0.2) is 19.7 Å². The van der Waals surface area contributed by atoms with E-state index >= 15 is 0 Å². The van der Waals surface area contributed by atoms with Crippen LogP contribution in [0.25, 0.3) is 0 Å². The third-order valence-electron chi connectivity index (χ3n) is 3.15. The summed E-state index contributed by atoms with van der Waals surface area (Å²) in [6.45, 7) is 0.516. The minimum atomic E-state index is -0.246. The Morgan fingerprint density at radius 2 is 1.95 bits per heavy atom. The van der Waals surface area contributed by atoms with Crippen molar-refractivity contribution in [3.05, 3.63) is 63.3 Å². The fourth-order valence-electron chi connectivity index (χ4n) is 1.92. The Labute approximate surface area is 137 Å². The van der Waals surface area contributed by atoms with E-state index in [4.69, 9.17) is 16.3 Å². The lowest BCUT2D eigenvalue weighted by molar-refractivity contribution is 0.269. The molecule has 0 aliphatic heterocycles. The zero-order valence-electron chi connectivity index (χ0n) is 11.6. The summed E-state index contributed by atoms with van der Waals surface area (Å²) in [5.74, 6) is 0.530. The van der Waals surface area contributed by atoms with E-state index in [-0.39, 0.29) is 11.9 Å². The highest BCUT2D eigenvalue weighted by Gasteiger charge is 2.11. The SMILES string of the molecule is CNC(COc1ccc(Cl)cc1)Cc1ccc(F)cc1Br. The van der Waals surface area contributed by atoms with Gasteiger partial charge in [-0.05, 0) is 55.4 Å². The van der Waals surface area contributed by atoms with Crippen molar-refractivity contribution >= 4 is 27.5 Å². The van der Waals surface area contributed by atoms with Crippen molar-refractivity contribution in [1.29, 1.82) is 0 Å². The van der Waals surface area contributed by atoms with Gasteiger partial charge in [-0.1, -0.05) is 33.6 Å². The molecule has 0 aromatic heterocycles. The Balaban J connectivity index is 1.95. The molecule has 0 saturated heterocycles. The molecular weight excluding hydrogens is 357 g/mol. The maximum Gasteiger partial charge on any atom is 0.124 e. The van der Waals surface area contributed by atoms with E-state index in [9.17, 15) is 4.39 Å². The first-order chi connectivity index (χ1) is 10.1. The van der Waals surface area contributed by atoms with Crippen molar-refractivity contribution < 1.29 is 9.13 Å². The molecule has 0 heterocycles. The Kier molecular flexibility index (Phi) is 6.03. The quantitative estimate of drug-likeness (QED) is 0.809. The van der Waals surface area contributed by atoms with E-state index in [2.05, 4.69) is 21.2 Å². The lowest BCUT2D eigenvalue weighted by atomic mass is 10.1. The van der Waals surface area contributed by atoms with Gasteiger partial charge in [0.05, 0.1) is 0 Å². The predicted molar refractivity (Wildman–Crippen MR) is 87.6 cm³/mol. The third-order valence-corrected chi connectivity index (χ3v) is 4.14. The number of hydrogen-bond acceptors (Lipinski definition) is 2. The van der Waals surface area contributed by atoms with Crippen molar-refractivity contribution in [2.45, 2.75) is 12.5 Å². The van der Waals surface area contributed by atoms with Crippen molar-refractivity contribution in [2.24, 2.45) is 0 Å². The molecule has 0 amide bonds. The third kappa shape index (κ3) is 4.99. The van der Waals surface area contributed by atoms with Gasteiger partial charge in [-0.15, -0.1) is 0 Å². The summed E-state index contributed by atoms with van der Waals surface area (Å²) in [7, 11) is 1.88. The Bertz CT molecular complexity index is 591. The molecule has 0 bridgehead atoms. The molecule has 21 heavy (non-hydrogen) atoms. The minimum absolute atomic E-state index is 0.127. The Hall–Kier alpha value is -1.10. The second-order valence-corrected chi connectivity index (χ2v) is 5.98. The fourth-order valence-corrected chi connectivity index (χ4v) is 2.56. The number of likely N-dealkylation sites (N-methyl/N-ethyl adjacent to an activating group) is 1. The molecule has 1 atom stereocenters. The van der Waals surface area contributed by atoms with Gasteiger partial charge in [0.1, 0.15) is 18.2 Å². The van der Waals surface area contributed by atoms with Crippen LogP contribution in [0.1, 0.15) is 5.56 Å². The van der Waals surface area contributed by atoms with Crippen LogP contribution in [-0.2, 0) is 6.42 Å². The van der Waals surface area contributed by atoms with Crippen LogP contribution in [0.5, 0.6) is 5.75 Å². The van der Waals surface area contributed by atoms with Crippen LogP contribution < -0.4 is 10.1 Å². The molecule has 0 spiro atoms. The van der Waals surface area contributed by atoms with E-state index in [0.29, 0.717) is 11.6 Å². The summed E-state index contributed by atoms with van der Waals surface area (Å²) in [5, 5.41) is 3.89. The highest BCUT2D eigenvalue weighted by atomic mass is 79.9. The smallest absolute Gasteiger partial charge is 0.124 e. The average Bonchev–Trinajstić information content (AvgIpc) is 2.47. The molecule has 5 heteroatoms. The molecule has 0 aliphatic rings. The lowest BCUT2D eigenvalue weighted by Crippen LogP contribution is -2.33. The second-order valence-electron chi connectivity index (χ2n) is 4.69. The van der Waals surface area contributed by atoms with E-state index in [1.165, 1.54) is 12.1 Å². The van der Waals surface area contributed by atoms with Gasteiger partial charge in [-0.3, -0.25) is 0 Å². The highest BCUT2D eigenvalue weighted by molar-refractivity contribution is 9.10. The van der Waals surface area contributed by atoms with Gasteiger partial charge >= 0.3 is 0 Å². The molecule has 0 fully saturated rings.